The van der Waals surface area contributed by atoms with Crippen molar-refractivity contribution in [3.05, 3.63) is 39.4 Å². The maximum absolute atomic E-state index is 13.2. The van der Waals surface area contributed by atoms with Gasteiger partial charge in [0.15, 0.2) is 0 Å². The van der Waals surface area contributed by atoms with Crippen LogP contribution in [-0.2, 0) is 6.18 Å². The number of alkyl halides is 3. The van der Waals surface area contributed by atoms with Crippen LogP contribution in [0.3, 0.4) is 0 Å². The normalized spacial score (nSPS) is 15.6. The van der Waals surface area contributed by atoms with Gasteiger partial charge in [-0.1, -0.05) is 31.5 Å². The molecule has 0 atom stereocenters. The smallest absolute Gasteiger partial charge is 0.338 e. The minimum atomic E-state index is -4.55. The first-order valence-corrected chi connectivity index (χ1v) is 12.2. The largest absolute Gasteiger partial charge is 0.417 e. The number of carbonyl (C=O) groups is 1. The third kappa shape index (κ3) is 5.64. The molecule has 9 heteroatoms. The van der Waals surface area contributed by atoms with Gasteiger partial charge in [-0.15, -0.1) is 11.3 Å². The summed E-state index contributed by atoms with van der Waals surface area (Å²) >= 11 is 6.87. The molecular formula is C23H29ClF3N3OS. The summed E-state index contributed by atoms with van der Waals surface area (Å²) in [5, 5.41) is 0.0360. The molecule has 32 heavy (non-hydrogen) atoms. The van der Waals surface area contributed by atoms with E-state index >= 15 is 0 Å². The molecule has 1 aromatic carbocycles. The highest BCUT2D eigenvalue weighted by Crippen LogP contribution is 2.38. The van der Waals surface area contributed by atoms with Gasteiger partial charge in [0.2, 0.25) is 0 Å². The Balaban J connectivity index is 1.74. The summed E-state index contributed by atoms with van der Waals surface area (Å²) in [4.78, 5) is 22.4. The number of benzene rings is 1. The zero-order chi connectivity index (χ0) is 23.5. The van der Waals surface area contributed by atoms with E-state index in [0.29, 0.717) is 40.3 Å². The van der Waals surface area contributed by atoms with Gasteiger partial charge in [-0.2, -0.15) is 13.2 Å². The van der Waals surface area contributed by atoms with Crippen LogP contribution in [0.4, 0.5) is 13.2 Å². The highest BCUT2D eigenvalue weighted by molar-refractivity contribution is 7.17. The number of hydrogen-bond donors (Lipinski definition) is 0. The first kappa shape index (κ1) is 25.0. The fourth-order valence-electron chi connectivity index (χ4n) is 4.22. The summed E-state index contributed by atoms with van der Waals surface area (Å²) in [6.45, 7) is 9.60. The molecule has 0 bridgehead atoms. The molecule has 0 N–H and O–H groups in total. The van der Waals surface area contributed by atoms with Gasteiger partial charge in [-0.05, 0) is 57.8 Å². The van der Waals surface area contributed by atoms with Gasteiger partial charge in [0, 0.05) is 24.7 Å². The molecule has 0 radical (unpaired) electrons. The summed E-state index contributed by atoms with van der Waals surface area (Å²) in [6.07, 6.45) is -0.456. The molecule has 1 fully saturated rings. The van der Waals surface area contributed by atoms with E-state index in [2.05, 4.69) is 23.7 Å². The van der Waals surface area contributed by atoms with Crippen LogP contribution >= 0.6 is 22.9 Å². The number of amides is 1. The van der Waals surface area contributed by atoms with Crippen molar-refractivity contribution in [2.24, 2.45) is 0 Å². The molecule has 3 rings (SSSR count). The van der Waals surface area contributed by atoms with E-state index in [1.54, 1.807) is 6.92 Å². The lowest BCUT2D eigenvalue weighted by Crippen LogP contribution is -2.47. The number of aromatic nitrogens is 1. The second-order valence-electron chi connectivity index (χ2n) is 8.19. The van der Waals surface area contributed by atoms with Gasteiger partial charge in [0.05, 0.1) is 16.3 Å². The fourth-order valence-corrected chi connectivity index (χ4v) is 5.48. The predicted octanol–water partition coefficient (Wildman–Crippen LogP) is 6.52. The number of rotatable bonds is 7. The van der Waals surface area contributed by atoms with Crippen LogP contribution in [0.2, 0.25) is 5.02 Å². The number of halogens is 4. The van der Waals surface area contributed by atoms with Gasteiger partial charge in [0.1, 0.15) is 9.88 Å². The maximum Gasteiger partial charge on any atom is 0.417 e. The van der Waals surface area contributed by atoms with Crippen molar-refractivity contribution >= 4 is 28.8 Å². The van der Waals surface area contributed by atoms with E-state index in [1.807, 2.05) is 4.90 Å². The number of thiazole rings is 1. The minimum absolute atomic E-state index is 0.0905. The van der Waals surface area contributed by atoms with E-state index in [1.165, 1.54) is 12.1 Å². The minimum Gasteiger partial charge on any atom is -0.338 e. The van der Waals surface area contributed by atoms with E-state index < -0.39 is 11.7 Å². The summed E-state index contributed by atoms with van der Waals surface area (Å²) in [5.41, 5.74) is -0.0511. The average molecular weight is 488 g/mol. The van der Waals surface area contributed by atoms with Crippen LogP contribution in [0, 0.1) is 6.92 Å². The van der Waals surface area contributed by atoms with Crippen molar-refractivity contribution in [2.45, 2.75) is 58.7 Å². The van der Waals surface area contributed by atoms with Crippen molar-refractivity contribution in [1.82, 2.24) is 14.8 Å². The molecule has 0 aliphatic carbocycles. The van der Waals surface area contributed by atoms with Crippen LogP contribution in [0.5, 0.6) is 0 Å². The molecular weight excluding hydrogens is 459 g/mol. The molecule has 1 saturated heterocycles. The van der Waals surface area contributed by atoms with E-state index in [0.717, 1.165) is 56.2 Å². The standard InChI is InChI=1S/C23H29ClF3N3OS/c1-4-10-29(11-5-2)17-8-12-30(13-9-17)22(31)20-15(3)28-21(32-20)16-6-7-19(24)18(14-16)23(25,26)27/h6-7,14,17H,4-5,8-13H2,1-3H3. The first-order valence-electron chi connectivity index (χ1n) is 11.0. The van der Waals surface area contributed by atoms with E-state index in [-0.39, 0.29) is 10.9 Å². The number of carbonyl (C=O) groups excluding carboxylic acids is 1. The predicted molar refractivity (Wildman–Crippen MR) is 123 cm³/mol. The molecule has 0 spiro atoms. The van der Waals surface area contributed by atoms with Crippen molar-refractivity contribution in [2.75, 3.05) is 26.2 Å². The fraction of sp³-hybridized carbons (Fsp3) is 0.565. The van der Waals surface area contributed by atoms with Gasteiger partial charge in [0.25, 0.3) is 5.91 Å². The van der Waals surface area contributed by atoms with Gasteiger partial charge >= 0.3 is 6.18 Å². The Hall–Kier alpha value is -1.64. The summed E-state index contributed by atoms with van der Waals surface area (Å²) < 4.78 is 39.7. The van der Waals surface area contributed by atoms with Crippen LogP contribution in [0.1, 0.15) is 60.5 Å². The lowest BCUT2D eigenvalue weighted by Gasteiger charge is -2.38. The van der Waals surface area contributed by atoms with Crippen molar-refractivity contribution in [1.29, 1.82) is 0 Å². The summed E-state index contributed by atoms with van der Waals surface area (Å²) in [6, 6.07) is 4.22. The third-order valence-corrected chi connectivity index (χ3v) is 7.32. The zero-order valence-electron chi connectivity index (χ0n) is 18.6. The number of piperidine rings is 1. The second-order valence-corrected chi connectivity index (χ2v) is 9.59. The molecule has 1 aliphatic rings. The summed E-state index contributed by atoms with van der Waals surface area (Å²) in [7, 11) is 0. The van der Waals surface area contributed by atoms with Crippen LogP contribution in [0.15, 0.2) is 18.2 Å². The molecule has 0 saturated carbocycles. The maximum atomic E-state index is 13.2. The zero-order valence-corrected chi connectivity index (χ0v) is 20.2. The molecule has 176 valence electrons. The number of hydrogen-bond acceptors (Lipinski definition) is 4. The lowest BCUT2D eigenvalue weighted by molar-refractivity contribution is -0.137. The molecule has 2 heterocycles. The van der Waals surface area contributed by atoms with Crippen molar-refractivity contribution in [3.63, 3.8) is 0 Å². The Bertz CT molecular complexity index is 933. The lowest BCUT2D eigenvalue weighted by atomic mass is 10.0. The molecule has 2 aromatic rings. The topological polar surface area (TPSA) is 36.4 Å². The highest BCUT2D eigenvalue weighted by Gasteiger charge is 2.34. The van der Waals surface area contributed by atoms with Crippen molar-refractivity contribution in [3.8, 4) is 10.6 Å². The quantitative estimate of drug-likeness (QED) is 0.446. The molecule has 4 nitrogen and oxygen atoms in total. The molecule has 0 unspecified atom stereocenters. The highest BCUT2D eigenvalue weighted by atomic mass is 35.5. The van der Waals surface area contributed by atoms with Crippen molar-refractivity contribution < 1.29 is 18.0 Å². The molecule has 1 aromatic heterocycles. The SMILES string of the molecule is CCCN(CCC)C1CCN(C(=O)c2sc(-c3ccc(Cl)c(C(F)(F)F)c3)nc2C)CC1. The van der Waals surface area contributed by atoms with Crippen LogP contribution in [-0.4, -0.2) is 52.9 Å². The van der Waals surface area contributed by atoms with Gasteiger partial charge in [-0.25, -0.2) is 4.98 Å². The number of nitrogens with zero attached hydrogens (tertiary/aromatic N) is 3. The van der Waals surface area contributed by atoms with Crippen LogP contribution < -0.4 is 0 Å². The average Bonchev–Trinajstić information content (AvgIpc) is 3.14. The number of likely N-dealkylation sites (tertiary alicyclic amines) is 1. The first-order chi connectivity index (χ1) is 15.2. The Labute approximate surface area is 196 Å². The summed E-state index contributed by atoms with van der Waals surface area (Å²) in [5.74, 6) is -0.0905. The van der Waals surface area contributed by atoms with Gasteiger partial charge in [-0.3, -0.25) is 4.79 Å². The Morgan fingerprint density at radius 1 is 1.22 bits per heavy atom. The van der Waals surface area contributed by atoms with Crippen LogP contribution in [0.25, 0.3) is 10.6 Å². The molecule has 1 amide bonds. The van der Waals surface area contributed by atoms with E-state index in [4.69, 9.17) is 11.6 Å². The Morgan fingerprint density at radius 2 is 1.84 bits per heavy atom. The molecule has 1 aliphatic heterocycles. The Morgan fingerprint density at radius 3 is 2.41 bits per heavy atom. The second kappa shape index (κ2) is 10.5. The van der Waals surface area contributed by atoms with Gasteiger partial charge < -0.3 is 9.80 Å². The monoisotopic (exact) mass is 487 g/mol. The van der Waals surface area contributed by atoms with E-state index in [9.17, 15) is 18.0 Å². The number of aryl methyl sites for hydroxylation is 1. The third-order valence-electron chi connectivity index (χ3n) is 5.80. The Kier molecular flexibility index (Phi) is 8.22.